The SMILES string of the molecule is CCC(C)[C@H](N)C(=O)NC[C@H](CC)C(=O)NC[C@@H](O)CP(=O)(O)CC1CCCCC1. The Kier molecular flexibility index (Phi) is 12.2. The molecule has 2 unspecified atom stereocenters. The fourth-order valence-electron chi connectivity index (χ4n) is 3.88. The van der Waals surface area contributed by atoms with Gasteiger partial charge >= 0.3 is 0 Å². The van der Waals surface area contributed by atoms with Gasteiger partial charge in [0, 0.05) is 19.3 Å². The number of rotatable bonds is 13. The van der Waals surface area contributed by atoms with Gasteiger partial charge in [-0.05, 0) is 31.1 Å². The van der Waals surface area contributed by atoms with Crippen LogP contribution in [-0.4, -0.2) is 59.4 Å². The Balaban J connectivity index is 2.40. The summed E-state index contributed by atoms with van der Waals surface area (Å²) < 4.78 is 12.5. The lowest BCUT2D eigenvalue weighted by Crippen LogP contribution is -2.48. The number of nitrogens with two attached hydrogens (primary N) is 1. The number of hydrogen-bond donors (Lipinski definition) is 5. The highest BCUT2D eigenvalue weighted by molar-refractivity contribution is 7.58. The van der Waals surface area contributed by atoms with Crippen LogP contribution in [0.15, 0.2) is 0 Å². The summed E-state index contributed by atoms with van der Waals surface area (Å²) in [4.78, 5) is 34.7. The summed E-state index contributed by atoms with van der Waals surface area (Å²) in [5.41, 5.74) is 5.90. The van der Waals surface area contributed by atoms with E-state index < -0.39 is 25.4 Å². The molecule has 1 aliphatic carbocycles. The normalized spacial score (nSPS) is 21.1. The number of aliphatic hydroxyl groups excluding tert-OH is 1. The van der Waals surface area contributed by atoms with Gasteiger partial charge in [-0.2, -0.15) is 0 Å². The third-order valence-corrected chi connectivity index (χ3v) is 8.30. The second-order valence-electron chi connectivity index (χ2n) is 8.88. The molecule has 0 heterocycles. The van der Waals surface area contributed by atoms with Crippen LogP contribution in [0.5, 0.6) is 0 Å². The first-order chi connectivity index (χ1) is 14.1. The maximum Gasteiger partial charge on any atom is 0.237 e. The highest BCUT2D eigenvalue weighted by Crippen LogP contribution is 2.45. The Labute approximate surface area is 181 Å². The Morgan fingerprint density at radius 1 is 1.07 bits per heavy atom. The molecule has 6 N–H and O–H groups in total. The molecule has 0 bridgehead atoms. The zero-order chi connectivity index (χ0) is 22.7. The topological polar surface area (TPSA) is 142 Å². The maximum atomic E-state index is 12.5. The van der Waals surface area contributed by atoms with Crippen LogP contribution in [0.1, 0.15) is 65.7 Å². The standard InChI is InChI=1S/C21H42N3O5P/c1-4-15(3)19(22)21(27)23-11-17(5-2)20(26)24-12-18(25)14-30(28,29)13-16-9-7-6-8-10-16/h15-19,25H,4-14,22H2,1-3H3,(H,23,27)(H,24,26)(H,28,29)/t15?,17-,18+,19-/m0/s1. The van der Waals surface area contributed by atoms with E-state index in [1.165, 1.54) is 6.42 Å². The molecule has 1 aliphatic rings. The highest BCUT2D eigenvalue weighted by atomic mass is 31.2. The van der Waals surface area contributed by atoms with Gasteiger partial charge in [-0.25, -0.2) is 0 Å². The molecule has 0 aliphatic heterocycles. The highest BCUT2D eigenvalue weighted by Gasteiger charge is 2.29. The molecule has 0 radical (unpaired) electrons. The first-order valence-corrected chi connectivity index (χ1v) is 13.4. The molecular weight excluding hydrogens is 405 g/mol. The predicted molar refractivity (Wildman–Crippen MR) is 119 cm³/mol. The zero-order valence-corrected chi connectivity index (χ0v) is 19.7. The second-order valence-corrected chi connectivity index (χ2v) is 11.3. The van der Waals surface area contributed by atoms with Gasteiger partial charge in [0.05, 0.1) is 24.2 Å². The Morgan fingerprint density at radius 3 is 2.23 bits per heavy atom. The lowest BCUT2D eigenvalue weighted by molar-refractivity contribution is -0.126. The number of nitrogens with one attached hydrogen (secondary N) is 2. The molecule has 8 nitrogen and oxygen atoms in total. The van der Waals surface area contributed by atoms with Crippen LogP contribution in [0.3, 0.4) is 0 Å². The van der Waals surface area contributed by atoms with Crippen molar-refractivity contribution in [1.82, 2.24) is 10.6 Å². The van der Waals surface area contributed by atoms with Crippen LogP contribution >= 0.6 is 7.37 Å². The van der Waals surface area contributed by atoms with Crippen molar-refractivity contribution in [1.29, 1.82) is 0 Å². The lowest BCUT2D eigenvalue weighted by Gasteiger charge is -2.25. The number of carbonyl (C=O) groups excluding carboxylic acids is 2. The van der Waals surface area contributed by atoms with Crippen LogP contribution < -0.4 is 16.4 Å². The van der Waals surface area contributed by atoms with E-state index in [1.54, 1.807) is 0 Å². The summed E-state index contributed by atoms with van der Waals surface area (Å²) in [6, 6.07) is -0.611. The van der Waals surface area contributed by atoms with Crippen molar-refractivity contribution < 1.29 is 24.2 Å². The molecule has 0 aromatic rings. The molecular formula is C21H42N3O5P. The van der Waals surface area contributed by atoms with Gasteiger partial charge in [0.2, 0.25) is 19.2 Å². The molecule has 176 valence electrons. The van der Waals surface area contributed by atoms with E-state index in [2.05, 4.69) is 10.6 Å². The lowest BCUT2D eigenvalue weighted by atomic mass is 9.91. The Bertz CT molecular complexity index is 583. The minimum atomic E-state index is -3.43. The molecule has 0 aromatic heterocycles. The predicted octanol–water partition coefficient (Wildman–Crippen LogP) is 1.83. The minimum Gasteiger partial charge on any atom is -0.391 e. The second kappa shape index (κ2) is 13.5. The van der Waals surface area contributed by atoms with Crippen LogP contribution in [-0.2, 0) is 14.2 Å². The Morgan fingerprint density at radius 2 is 1.67 bits per heavy atom. The molecule has 0 saturated heterocycles. The quantitative estimate of drug-likeness (QED) is 0.273. The summed E-state index contributed by atoms with van der Waals surface area (Å²) in [5.74, 6) is -0.717. The number of amides is 2. The molecule has 5 atom stereocenters. The van der Waals surface area contributed by atoms with Crippen molar-refractivity contribution >= 4 is 19.2 Å². The summed E-state index contributed by atoms with van der Waals surface area (Å²) in [7, 11) is -3.43. The van der Waals surface area contributed by atoms with E-state index in [9.17, 15) is 24.2 Å². The van der Waals surface area contributed by atoms with E-state index >= 15 is 0 Å². The molecule has 0 aromatic carbocycles. The summed E-state index contributed by atoms with van der Waals surface area (Å²) in [6.45, 7) is 5.80. The van der Waals surface area contributed by atoms with Gasteiger partial charge in [0.15, 0.2) is 0 Å². The first kappa shape index (κ1) is 27.1. The fraction of sp³-hybridized carbons (Fsp3) is 0.905. The van der Waals surface area contributed by atoms with Crippen molar-refractivity contribution in [3.8, 4) is 0 Å². The summed E-state index contributed by atoms with van der Waals surface area (Å²) >= 11 is 0. The first-order valence-electron chi connectivity index (χ1n) is 11.4. The molecule has 9 heteroatoms. The number of carbonyl (C=O) groups is 2. The summed E-state index contributed by atoms with van der Waals surface area (Å²) in [6.07, 6.45) is 5.60. The fourth-order valence-corrected chi connectivity index (χ4v) is 5.99. The maximum absolute atomic E-state index is 12.5. The van der Waals surface area contributed by atoms with E-state index in [1.807, 2.05) is 20.8 Å². The van der Waals surface area contributed by atoms with Crippen molar-refractivity contribution in [2.24, 2.45) is 23.5 Å². The van der Waals surface area contributed by atoms with E-state index in [-0.39, 0.29) is 49.1 Å². The van der Waals surface area contributed by atoms with Gasteiger partial charge < -0.3 is 26.4 Å². The average Bonchev–Trinajstić information content (AvgIpc) is 2.71. The molecule has 1 rings (SSSR count). The van der Waals surface area contributed by atoms with E-state index in [0.717, 1.165) is 32.1 Å². The molecule has 30 heavy (non-hydrogen) atoms. The number of aliphatic hydroxyl groups is 1. The van der Waals surface area contributed by atoms with Crippen molar-refractivity contribution in [2.75, 3.05) is 25.4 Å². The van der Waals surface area contributed by atoms with Crippen LogP contribution in [0, 0.1) is 17.8 Å². The third kappa shape index (κ3) is 9.90. The Hall–Kier alpha value is -0.950. The minimum absolute atomic E-state index is 0.0526. The van der Waals surface area contributed by atoms with Gasteiger partial charge in [-0.3, -0.25) is 14.2 Å². The van der Waals surface area contributed by atoms with Crippen molar-refractivity contribution in [3.05, 3.63) is 0 Å². The van der Waals surface area contributed by atoms with E-state index in [0.29, 0.717) is 6.42 Å². The van der Waals surface area contributed by atoms with Crippen molar-refractivity contribution in [3.63, 3.8) is 0 Å². The molecule has 1 fully saturated rings. The summed E-state index contributed by atoms with van der Waals surface area (Å²) in [5, 5.41) is 15.5. The van der Waals surface area contributed by atoms with Gasteiger partial charge in [0.25, 0.3) is 0 Å². The largest absolute Gasteiger partial charge is 0.391 e. The number of hydrogen-bond acceptors (Lipinski definition) is 5. The van der Waals surface area contributed by atoms with Crippen LogP contribution in [0.25, 0.3) is 0 Å². The van der Waals surface area contributed by atoms with Gasteiger partial charge in [-0.1, -0.05) is 46.5 Å². The monoisotopic (exact) mass is 447 g/mol. The van der Waals surface area contributed by atoms with E-state index in [4.69, 9.17) is 5.73 Å². The zero-order valence-electron chi connectivity index (χ0n) is 18.8. The van der Waals surface area contributed by atoms with Crippen molar-refractivity contribution in [2.45, 2.75) is 77.9 Å². The van der Waals surface area contributed by atoms with Gasteiger partial charge in [0.1, 0.15) is 0 Å². The third-order valence-electron chi connectivity index (χ3n) is 6.22. The smallest absolute Gasteiger partial charge is 0.237 e. The average molecular weight is 448 g/mol. The van der Waals surface area contributed by atoms with Crippen LogP contribution in [0.2, 0.25) is 0 Å². The van der Waals surface area contributed by atoms with Crippen LogP contribution in [0.4, 0.5) is 0 Å². The molecule has 2 amide bonds. The van der Waals surface area contributed by atoms with Gasteiger partial charge in [-0.15, -0.1) is 0 Å². The molecule has 0 spiro atoms. The molecule has 1 saturated carbocycles.